The van der Waals surface area contributed by atoms with Gasteiger partial charge in [-0.2, -0.15) is 0 Å². The zero-order chi connectivity index (χ0) is 41.7. The number of para-hydroxylation sites is 3. The second kappa shape index (κ2) is 15.2. The molecular weight excluding hydrogens is 767 g/mol. The molecule has 3 aromatic heterocycles. The SMILES string of the molecule is c1ccc(-c2nc(-c3ccccc3)nc(-c3cccc(-c4ccc(-c5cccc6c5nc(-c5ccccc5)c5ccc7c8ccccc8n(-c8ccccc8)c7c56)cc4)c3)n2)cc1. The zero-order valence-corrected chi connectivity index (χ0v) is 34.1. The Morgan fingerprint density at radius 1 is 0.302 bits per heavy atom. The Balaban J connectivity index is 1.01. The normalized spacial score (nSPS) is 11.5. The number of rotatable bonds is 7. The molecule has 3 heterocycles. The monoisotopic (exact) mass is 803 g/mol. The molecule has 0 saturated heterocycles. The molecule has 0 radical (unpaired) electrons. The van der Waals surface area contributed by atoms with Crippen LogP contribution in [-0.2, 0) is 0 Å². The quantitative estimate of drug-likeness (QED) is 0.151. The number of aromatic nitrogens is 5. The van der Waals surface area contributed by atoms with E-state index in [1.54, 1.807) is 0 Å². The van der Waals surface area contributed by atoms with Crippen LogP contribution in [0.15, 0.2) is 224 Å². The van der Waals surface area contributed by atoms with E-state index in [0.717, 1.165) is 72.2 Å². The maximum absolute atomic E-state index is 5.57. The van der Waals surface area contributed by atoms with Gasteiger partial charge in [-0.05, 0) is 41.0 Å². The van der Waals surface area contributed by atoms with Crippen LogP contribution >= 0.6 is 0 Å². The lowest BCUT2D eigenvalue weighted by Crippen LogP contribution is -2.00. The van der Waals surface area contributed by atoms with Gasteiger partial charge < -0.3 is 4.57 Å². The van der Waals surface area contributed by atoms with Crippen molar-refractivity contribution in [3.05, 3.63) is 224 Å². The Morgan fingerprint density at radius 2 is 0.810 bits per heavy atom. The molecule has 0 aliphatic heterocycles. The fraction of sp³-hybridized carbons (Fsp3) is 0. The van der Waals surface area contributed by atoms with E-state index >= 15 is 0 Å². The van der Waals surface area contributed by atoms with E-state index in [1.165, 1.54) is 27.2 Å². The summed E-state index contributed by atoms with van der Waals surface area (Å²) in [5.74, 6) is 1.91. The number of fused-ring (bicyclic) bond motifs is 7. The summed E-state index contributed by atoms with van der Waals surface area (Å²) in [6, 6.07) is 78.7. The molecule has 63 heavy (non-hydrogen) atoms. The summed E-state index contributed by atoms with van der Waals surface area (Å²) in [6.07, 6.45) is 0. The number of hydrogen-bond acceptors (Lipinski definition) is 4. The average Bonchev–Trinajstić information content (AvgIpc) is 3.71. The highest BCUT2D eigenvalue weighted by Gasteiger charge is 2.21. The van der Waals surface area contributed by atoms with Gasteiger partial charge in [0, 0.05) is 60.4 Å². The molecule has 5 heteroatoms. The van der Waals surface area contributed by atoms with Crippen LogP contribution in [0.25, 0.3) is 117 Å². The smallest absolute Gasteiger partial charge is 0.164 e. The van der Waals surface area contributed by atoms with Gasteiger partial charge in [-0.3, -0.25) is 0 Å². The van der Waals surface area contributed by atoms with Crippen molar-refractivity contribution in [1.82, 2.24) is 24.5 Å². The summed E-state index contributed by atoms with van der Waals surface area (Å²) in [7, 11) is 0. The average molecular weight is 804 g/mol. The van der Waals surface area contributed by atoms with E-state index in [9.17, 15) is 0 Å². The van der Waals surface area contributed by atoms with Gasteiger partial charge in [0.1, 0.15) is 0 Å². The summed E-state index contributed by atoms with van der Waals surface area (Å²) in [5, 5.41) is 5.88. The summed E-state index contributed by atoms with van der Waals surface area (Å²) in [4.78, 5) is 20.4. The van der Waals surface area contributed by atoms with Crippen molar-refractivity contribution < 1.29 is 0 Å². The van der Waals surface area contributed by atoms with E-state index in [1.807, 2.05) is 60.7 Å². The third-order valence-electron chi connectivity index (χ3n) is 12.0. The van der Waals surface area contributed by atoms with Crippen molar-refractivity contribution in [1.29, 1.82) is 0 Å². The van der Waals surface area contributed by atoms with Crippen LogP contribution in [0.2, 0.25) is 0 Å². The minimum atomic E-state index is 0.630. The van der Waals surface area contributed by atoms with Gasteiger partial charge >= 0.3 is 0 Å². The Bertz CT molecular complexity index is 3580. The van der Waals surface area contributed by atoms with E-state index < -0.39 is 0 Å². The van der Waals surface area contributed by atoms with Crippen molar-refractivity contribution in [3.63, 3.8) is 0 Å². The van der Waals surface area contributed by atoms with Crippen molar-refractivity contribution >= 4 is 43.5 Å². The molecule has 12 aromatic rings. The van der Waals surface area contributed by atoms with Crippen LogP contribution in [-0.4, -0.2) is 24.5 Å². The Hall–Kier alpha value is -8.54. The van der Waals surface area contributed by atoms with Gasteiger partial charge in [0.15, 0.2) is 17.5 Å². The van der Waals surface area contributed by atoms with Crippen molar-refractivity contribution in [2.75, 3.05) is 0 Å². The molecule has 0 bridgehead atoms. The van der Waals surface area contributed by atoms with Gasteiger partial charge in [-0.15, -0.1) is 0 Å². The number of benzene rings is 9. The van der Waals surface area contributed by atoms with Crippen molar-refractivity contribution in [2.45, 2.75) is 0 Å². The minimum Gasteiger partial charge on any atom is -0.309 e. The summed E-state index contributed by atoms with van der Waals surface area (Å²) < 4.78 is 2.43. The molecule has 0 aliphatic rings. The molecule has 0 N–H and O–H groups in total. The maximum Gasteiger partial charge on any atom is 0.164 e. The highest BCUT2D eigenvalue weighted by molar-refractivity contribution is 6.27. The summed E-state index contributed by atoms with van der Waals surface area (Å²) in [5.41, 5.74) is 13.7. The predicted octanol–water partition coefficient (Wildman–Crippen LogP) is 14.7. The van der Waals surface area contributed by atoms with Crippen LogP contribution in [0, 0.1) is 0 Å². The van der Waals surface area contributed by atoms with Crippen LogP contribution in [0.4, 0.5) is 0 Å². The Kier molecular flexibility index (Phi) is 8.75. The minimum absolute atomic E-state index is 0.630. The first-order chi connectivity index (χ1) is 31.2. The third-order valence-corrected chi connectivity index (χ3v) is 12.0. The van der Waals surface area contributed by atoms with E-state index in [2.05, 4.69) is 168 Å². The topological polar surface area (TPSA) is 56.5 Å². The number of pyridine rings is 1. The number of nitrogens with zero attached hydrogens (tertiary/aromatic N) is 5. The first-order valence-corrected chi connectivity index (χ1v) is 21.2. The van der Waals surface area contributed by atoms with Crippen LogP contribution in [0.5, 0.6) is 0 Å². The Labute approximate surface area is 364 Å². The zero-order valence-electron chi connectivity index (χ0n) is 34.1. The second-order valence-corrected chi connectivity index (χ2v) is 15.8. The van der Waals surface area contributed by atoms with Crippen LogP contribution in [0.1, 0.15) is 0 Å². The second-order valence-electron chi connectivity index (χ2n) is 15.8. The molecular formula is C58H37N5. The molecule has 0 spiro atoms. The van der Waals surface area contributed by atoms with E-state index in [0.29, 0.717) is 17.5 Å². The Morgan fingerprint density at radius 3 is 1.49 bits per heavy atom. The molecule has 5 nitrogen and oxygen atoms in total. The molecule has 9 aromatic carbocycles. The first kappa shape index (κ1) is 36.3. The van der Waals surface area contributed by atoms with Gasteiger partial charge in [0.25, 0.3) is 0 Å². The summed E-state index contributed by atoms with van der Waals surface area (Å²) >= 11 is 0. The van der Waals surface area contributed by atoms with Gasteiger partial charge in [0.2, 0.25) is 0 Å². The van der Waals surface area contributed by atoms with Gasteiger partial charge in [0.05, 0.1) is 22.2 Å². The van der Waals surface area contributed by atoms with Gasteiger partial charge in [-0.1, -0.05) is 200 Å². The fourth-order valence-corrected chi connectivity index (χ4v) is 9.08. The molecule has 0 amide bonds. The van der Waals surface area contributed by atoms with E-state index in [4.69, 9.17) is 19.9 Å². The molecule has 0 unspecified atom stereocenters. The lowest BCUT2D eigenvalue weighted by atomic mass is 9.93. The molecule has 0 aliphatic carbocycles. The molecule has 12 rings (SSSR count). The number of hydrogen-bond donors (Lipinski definition) is 0. The molecule has 0 atom stereocenters. The highest BCUT2D eigenvalue weighted by atomic mass is 15.0. The molecule has 0 fully saturated rings. The summed E-state index contributed by atoms with van der Waals surface area (Å²) in [6.45, 7) is 0. The van der Waals surface area contributed by atoms with Gasteiger partial charge in [-0.25, -0.2) is 19.9 Å². The van der Waals surface area contributed by atoms with E-state index in [-0.39, 0.29) is 0 Å². The van der Waals surface area contributed by atoms with Crippen LogP contribution < -0.4 is 0 Å². The van der Waals surface area contributed by atoms with Crippen molar-refractivity contribution in [2.24, 2.45) is 0 Å². The highest BCUT2D eigenvalue weighted by Crippen LogP contribution is 2.44. The first-order valence-electron chi connectivity index (χ1n) is 21.2. The predicted molar refractivity (Wildman–Crippen MR) is 260 cm³/mol. The fourth-order valence-electron chi connectivity index (χ4n) is 9.08. The standard InChI is InChI=1S/C58H37N5/c1-5-17-40(18-6-1)53-50-36-35-48-47-27-13-14-30-51(47)63(45-25-11-4-12-26-45)55(48)52(50)49-29-16-28-46(54(49)59-53)39-33-31-38(32-34-39)43-23-15-24-44(37-43)58-61-56(41-19-7-2-8-20-41)60-57(62-58)42-21-9-3-10-22-42/h1-37H. The van der Waals surface area contributed by atoms with Crippen LogP contribution in [0.3, 0.4) is 0 Å². The molecule has 294 valence electrons. The molecule has 0 saturated carbocycles. The third kappa shape index (κ3) is 6.34. The van der Waals surface area contributed by atoms with Crippen molar-refractivity contribution in [3.8, 4) is 73.4 Å². The largest absolute Gasteiger partial charge is 0.309 e. The lowest BCUT2D eigenvalue weighted by Gasteiger charge is -2.16. The maximum atomic E-state index is 5.57. The lowest BCUT2D eigenvalue weighted by molar-refractivity contribution is 1.07.